The topological polar surface area (TPSA) is 9.23 Å². The Kier molecular flexibility index (Phi) is 2.54. The van der Waals surface area contributed by atoms with Crippen molar-refractivity contribution >= 4 is 22.6 Å². The van der Waals surface area contributed by atoms with E-state index in [4.69, 9.17) is 4.74 Å². The van der Waals surface area contributed by atoms with Gasteiger partial charge >= 0.3 is 0 Å². The zero-order chi connectivity index (χ0) is 7.56. The van der Waals surface area contributed by atoms with Gasteiger partial charge in [0.1, 0.15) is 5.75 Å². The second-order valence-corrected chi connectivity index (χ2v) is 3.13. The van der Waals surface area contributed by atoms with E-state index in [1.807, 2.05) is 18.2 Å². The first-order valence-electron chi connectivity index (χ1n) is 2.89. The largest absolute Gasteiger partial charge is 0.496 e. The lowest BCUT2D eigenvalue weighted by molar-refractivity contribution is 0.411. The molecule has 0 aliphatic rings. The molecule has 0 N–H and O–H groups in total. The van der Waals surface area contributed by atoms with Gasteiger partial charge in [-0.25, -0.2) is 0 Å². The fourth-order valence-electron chi connectivity index (χ4n) is 0.704. The number of benzene rings is 1. The van der Waals surface area contributed by atoms with Crippen LogP contribution >= 0.6 is 22.6 Å². The number of ether oxygens (including phenoxy) is 1. The molecule has 0 unspecified atom stereocenters. The van der Waals surface area contributed by atoms with E-state index >= 15 is 0 Å². The van der Waals surface area contributed by atoms with Gasteiger partial charge in [-0.2, -0.15) is 0 Å². The summed E-state index contributed by atoms with van der Waals surface area (Å²) in [5.41, 5.74) is 0.984. The minimum Gasteiger partial charge on any atom is -0.496 e. The highest BCUT2D eigenvalue weighted by Gasteiger charge is 1.96. The molecule has 0 fully saturated rings. The fraction of sp³-hybridized carbons (Fsp3) is 0.125. The summed E-state index contributed by atoms with van der Waals surface area (Å²) in [7, 11) is 1.66. The Morgan fingerprint density at radius 1 is 1.50 bits per heavy atom. The molecule has 0 amide bonds. The van der Waals surface area contributed by atoms with Crippen molar-refractivity contribution in [3.8, 4) is 5.75 Å². The quantitative estimate of drug-likeness (QED) is 0.692. The standard InChI is InChI=1S/C8H8IO/c1-6-3-4-7(9)8(5-6)10-2/h3-5H,1H2,2H3. The van der Waals surface area contributed by atoms with Gasteiger partial charge < -0.3 is 4.74 Å². The molecule has 1 nitrogen and oxygen atoms in total. The maximum Gasteiger partial charge on any atom is 0.132 e. The average molecular weight is 247 g/mol. The molecule has 0 saturated carbocycles. The lowest BCUT2D eigenvalue weighted by Crippen LogP contribution is -1.86. The lowest BCUT2D eigenvalue weighted by Gasteiger charge is -2.02. The summed E-state index contributed by atoms with van der Waals surface area (Å²) in [4.78, 5) is 0. The smallest absolute Gasteiger partial charge is 0.132 e. The number of methoxy groups -OCH3 is 1. The van der Waals surface area contributed by atoms with Gasteiger partial charge in [0.25, 0.3) is 0 Å². The number of hydrogen-bond acceptors (Lipinski definition) is 1. The van der Waals surface area contributed by atoms with Gasteiger partial charge in [-0.3, -0.25) is 0 Å². The van der Waals surface area contributed by atoms with E-state index in [-0.39, 0.29) is 0 Å². The van der Waals surface area contributed by atoms with Crippen LogP contribution in [0.2, 0.25) is 0 Å². The maximum atomic E-state index is 5.08. The van der Waals surface area contributed by atoms with E-state index in [2.05, 4.69) is 29.5 Å². The van der Waals surface area contributed by atoms with Crippen LogP contribution in [0.5, 0.6) is 5.75 Å². The van der Waals surface area contributed by atoms with E-state index < -0.39 is 0 Å². The van der Waals surface area contributed by atoms with Gasteiger partial charge in [0.2, 0.25) is 0 Å². The first-order valence-corrected chi connectivity index (χ1v) is 3.97. The third-order valence-electron chi connectivity index (χ3n) is 1.22. The van der Waals surface area contributed by atoms with Crippen molar-refractivity contribution in [2.45, 2.75) is 0 Å². The third kappa shape index (κ3) is 1.62. The molecule has 0 heterocycles. The summed E-state index contributed by atoms with van der Waals surface area (Å²) in [6, 6.07) is 5.87. The van der Waals surface area contributed by atoms with Crippen molar-refractivity contribution in [2.24, 2.45) is 0 Å². The highest BCUT2D eigenvalue weighted by molar-refractivity contribution is 14.1. The first-order chi connectivity index (χ1) is 4.74. The van der Waals surface area contributed by atoms with Crippen LogP contribution in [0.3, 0.4) is 0 Å². The summed E-state index contributed by atoms with van der Waals surface area (Å²) >= 11 is 2.22. The minimum atomic E-state index is 0.896. The number of rotatable bonds is 1. The molecule has 0 aromatic heterocycles. The molecular formula is C8H8IO. The Morgan fingerprint density at radius 2 is 2.20 bits per heavy atom. The Labute approximate surface area is 74.5 Å². The summed E-state index contributed by atoms with van der Waals surface area (Å²) in [5, 5.41) is 0. The Balaban J connectivity index is 3.09. The van der Waals surface area contributed by atoms with E-state index in [0.717, 1.165) is 14.9 Å². The van der Waals surface area contributed by atoms with Crippen LogP contribution in [-0.2, 0) is 0 Å². The van der Waals surface area contributed by atoms with Gasteiger partial charge in [0.05, 0.1) is 10.7 Å². The molecule has 1 rings (SSSR count). The van der Waals surface area contributed by atoms with E-state index in [1.165, 1.54) is 0 Å². The maximum absolute atomic E-state index is 5.08. The van der Waals surface area contributed by atoms with Crippen LogP contribution in [0.1, 0.15) is 5.56 Å². The zero-order valence-electron chi connectivity index (χ0n) is 5.73. The Bertz CT molecular complexity index is 233. The van der Waals surface area contributed by atoms with Gasteiger partial charge in [0.15, 0.2) is 0 Å². The van der Waals surface area contributed by atoms with E-state index in [1.54, 1.807) is 7.11 Å². The van der Waals surface area contributed by atoms with Crippen molar-refractivity contribution in [3.63, 3.8) is 0 Å². The third-order valence-corrected chi connectivity index (χ3v) is 2.11. The molecule has 2 heteroatoms. The van der Waals surface area contributed by atoms with Crippen molar-refractivity contribution in [1.29, 1.82) is 0 Å². The fourth-order valence-corrected chi connectivity index (χ4v) is 1.26. The van der Waals surface area contributed by atoms with Gasteiger partial charge in [-0.05, 0) is 47.2 Å². The molecule has 0 atom stereocenters. The van der Waals surface area contributed by atoms with Crippen molar-refractivity contribution in [1.82, 2.24) is 0 Å². The highest BCUT2D eigenvalue weighted by Crippen LogP contribution is 2.20. The van der Waals surface area contributed by atoms with Crippen LogP contribution in [0.15, 0.2) is 18.2 Å². The summed E-state index contributed by atoms with van der Waals surface area (Å²) < 4.78 is 6.20. The van der Waals surface area contributed by atoms with E-state index in [0.29, 0.717) is 0 Å². The van der Waals surface area contributed by atoms with Crippen LogP contribution in [-0.4, -0.2) is 7.11 Å². The monoisotopic (exact) mass is 247 g/mol. The van der Waals surface area contributed by atoms with Crippen LogP contribution < -0.4 is 4.74 Å². The van der Waals surface area contributed by atoms with Crippen molar-refractivity contribution < 1.29 is 4.74 Å². The average Bonchev–Trinajstić information content (AvgIpc) is 1.94. The lowest BCUT2D eigenvalue weighted by atomic mass is 10.2. The first kappa shape index (κ1) is 7.85. The van der Waals surface area contributed by atoms with E-state index in [9.17, 15) is 0 Å². The summed E-state index contributed by atoms with van der Waals surface area (Å²) in [6.07, 6.45) is 0. The molecule has 0 aliphatic heterocycles. The molecule has 53 valence electrons. The van der Waals surface area contributed by atoms with Gasteiger partial charge in [-0.1, -0.05) is 6.07 Å². The van der Waals surface area contributed by atoms with Crippen LogP contribution in [0.4, 0.5) is 0 Å². The second-order valence-electron chi connectivity index (χ2n) is 1.97. The van der Waals surface area contributed by atoms with Gasteiger partial charge in [-0.15, -0.1) is 0 Å². The normalized spacial score (nSPS) is 9.50. The molecule has 0 bridgehead atoms. The van der Waals surface area contributed by atoms with Crippen LogP contribution in [0.25, 0.3) is 0 Å². The highest BCUT2D eigenvalue weighted by atomic mass is 127. The second kappa shape index (κ2) is 3.23. The minimum absolute atomic E-state index is 0.896. The summed E-state index contributed by atoms with van der Waals surface area (Å²) in [6.45, 7) is 3.79. The summed E-state index contributed by atoms with van der Waals surface area (Å²) in [5.74, 6) is 0.896. The molecule has 1 aromatic rings. The molecule has 1 aromatic carbocycles. The molecule has 0 saturated heterocycles. The van der Waals surface area contributed by atoms with Crippen molar-refractivity contribution in [2.75, 3.05) is 7.11 Å². The molecule has 10 heavy (non-hydrogen) atoms. The molecular weight excluding hydrogens is 239 g/mol. The number of hydrogen-bond donors (Lipinski definition) is 0. The van der Waals surface area contributed by atoms with Crippen molar-refractivity contribution in [3.05, 3.63) is 34.3 Å². The van der Waals surface area contributed by atoms with Crippen LogP contribution in [0, 0.1) is 10.5 Å². The zero-order valence-corrected chi connectivity index (χ0v) is 7.88. The predicted molar refractivity (Wildman–Crippen MR) is 50.2 cm³/mol. The Morgan fingerprint density at radius 3 is 2.70 bits per heavy atom. The predicted octanol–water partition coefficient (Wildman–Crippen LogP) is 2.48. The molecule has 0 spiro atoms. The molecule has 1 radical (unpaired) electrons. The Hall–Kier alpha value is -0.250. The SMILES string of the molecule is [CH2]c1ccc(I)c(OC)c1. The molecule has 0 aliphatic carbocycles. The number of halogens is 1. The van der Waals surface area contributed by atoms with Gasteiger partial charge in [0, 0.05) is 0 Å².